The Balaban J connectivity index is 2.16. The van der Waals surface area contributed by atoms with E-state index in [2.05, 4.69) is 5.10 Å². The van der Waals surface area contributed by atoms with E-state index in [1.165, 1.54) is 6.42 Å². The van der Waals surface area contributed by atoms with Crippen molar-refractivity contribution in [3.8, 4) is 0 Å². The third kappa shape index (κ3) is 1.49. The molecule has 2 saturated carbocycles. The van der Waals surface area contributed by atoms with Gasteiger partial charge in [-0.3, -0.25) is 4.79 Å². The number of carboxylic acids is 1. The van der Waals surface area contributed by atoms with E-state index in [1.807, 2.05) is 0 Å². The predicted molar refractivity (Wildman–Crippen MR) is 52.8 cm³/mol. The summed E-state index contributed by atoms with van der Waals surface area (Å²) in [5.41, 5.74) is 1.08. The molecule has 0 saturated heterocycles. The van der Waals surface area contributed by atoms with Crippen molar-refractivity contribution in [2.24, 2.45) is 28.7 Å². The van der Waals surface area contributed by atoms with Gasteiger partial charge in [-0.1, -0.05) is 6.42 Å². The number of rotatable bonds is 1. The molecule has 0 aromatic carbocycles. The molecule has 0 aromatic rings. The molecule has 0 aromatic heterocycles. The van der Waals surface area contributed by atoms with Crippen molar-refractivity contribution in [2.75, 3.05) is 0 Å². The molecule has 0 radical (unpaired) electrons. The van der Waals surface area contributed by atoms with Crippen molar-refractivity contribution >= 4 is 11.7 Å². The lowest BCUT2D eigenvalue weighted by molar-refractivity contribution is -0.143. The number of carbonyl (C=O) groups is 1. The number of hydrogen-bond acceptors (Lipinski definition) is 3. The van der Waals surface area contributed by atoms with Crippen LogP contribution in [-0.4, -0.2) is 16.8 Å². The average Bonchev–Trinajstić information content (AvgIpc) is 2.15. The molecule has 0 aliphatic heterocycles. The van der Waals surface area contributed by atoms with E-state index < -0.39 is 5.97 Å². The lowest BCUT2D eigenvalue weighted by Gasteiger charge is -2.38. The van der Waals surface area contributed by atoms with E-state index in [0.717, 1.165) is 31.4 Å². The summed E-state index contributed by atoms with van der Waals surface area (Å²) < 4.78 is 0. The lowest BCUT2D eigenvalue weighted by Crippen LogP contribution is -2.39. The largest absolute Gasteiger partial charge is 0.481 e. The number of hydrazone groups is 1. The Morgan fingerprint density at radius 2 is 1.93 bits per heavy atom. The lowest BCUT2D eigenvalue weighted by atomic mass is 9.66. The number of carboxylic acid groups (broad SMARTS) is 1. The third-order valence-electron chi connectivity index (χ3n) is 3.58. The number of hydrogen-bond donors (Lipinski definition) is 2. The van der Waals surface area contributed by atoms with E-state index in [4.69, 9.17) is 10.9 Å². The zero-order chi connectivity index (χ0) is 10.1. The summed E-state index contributed by atoms with van der Waals surface area (Å²) in [5.74, 6) is 5.21. The highest BCUT2D eigenvalue weighted by molar-refractivity contribution is 5.91. The van der Waals surface area contributed by atoms with Gasteiger partial charge in [0, 0.05) is 17.5 Å². The van der Waals surface area contributed by atoms with E-state index in [-0.39, 0.29) is 5.92 Å². The van der Waals surface area contributed by atoms with Gasteiger partial charge in [-0.25, -0.2) is 0 Å². The Bertz CT molecular complexity index is 259. The van der Waals surface area contributed by atoms with E-state index in [0.29, 0.717) is 11.8 Å². The van der Waals surface area contributed by atoms with Crippen LogP contribution < -0.4 is 5.84 Å². The average molecular weight is 196 g/mol. The molecule has 0 heterocycles. The minimum absolute atomic E-state index is 0.171. The first-order valence-corrected chi connectivity index (χ1v) is 5.23. The second kappa shape index (κ2) is 3.59. The molecule has 2 bridgehead atoms. The highest BCUT2D eigenvalue weighted by atomic mass is 16.4. The van der Waals surface area contributed by atoms with Gasteiger partial charge in [-0.05, 0) is 25.7 Å². The highest BCUT2D eigenvalue weighted by Crippen LogP contribution is 2.40. The second-order valence-electron chi connectivity index (χ2n) is 4.39. The fraction of sp³-hybridized carbons (Fsp3) is 0.800. The van der Waals surface area contributed by atoms with Crippen LogP contribution in [0.15, 0.2) is 5.10 Å². The molecule has 2 aliphatic rings. The summed E-state index contributed by atoms with van der Waals surface area (Å²) in [6.07, 6.45) is 4.80. The molecular formula is C10H16N2O2. The van der Waals surface area contributed by atoms with Gasteiger partial charge >= 0.3 is 5.97 Å². The standard InChI is InChI=1S/C10H16N2O2/c11-12-9-6-2-1-3-7(9)5-8(4-6)10(13)14/h6-8H,1-5,11H2,(H,13,14)/t6-,7+,8?. The molecule has 2 rings (SSSR count). The Morgan fingerprint density at radius 1 is 1.36 bits per heavy atom. The minimum atomic E-state index is -0.655. The van der Waals surface area contributed by atoms with Crippen molar-refractivity contribution in [3.63, 3.8) is 0 Å². The fourth-order valence-electron chi connectivity index (χ4n) is 2.91. The zero-order valence-electron chi connectivity index (χ0n) is 8.15. The molecule has 2 aliphatic carbocycles. The Hall–Kier alpha value is -1.06. The molecule has 4 nitrogen and oxygen atoms in total. The van der Waals surface area contributed by atoms with Gasteiger partial charge in [0.15, 0.2) is 0 Å². The van der Waals surface area contributed by atoms with Gasteiger partial charge in [0.05, 0.1) is 5.92 Å². The van der Waals surface area contributed by atoms with Crippen LogP contribution in [0.3, 0.4) is 0 Å². The SMILES string of the molecule is NN=C1[C@@H]2CCC[C@H]1CC(C(=O)O)C2. The second-order valence-corrected chi connectivity index (χ2v) is 4.39. The van der Waals surface area contributed by atoms with Gasteiger partial charge in [0.2, 0.25) is 0 Å². The van der Waals surface area contributed by atoms with Gasteiger partial charge in [0.1, 0.15) is 0 Å². The molecule has 3 atom stereocenters. The summed E-state index contributed by atoms with van der Waals surface area (Å²) in [6.45, 7) is 0. The zero-order valence-corrected chi connectivity index (χ0v) is 8.15. The minimum Gasteiger partial charge on any atom is -0.481 e. The first-order chi connectivity index (χ1) is 6.72. The maximum Gasteiger partial charge on any atom is 0.306 e. The number of nitrogens with two attached hydrogens (primary N) is 1. The van der Waals surface area contributed by atoms with Crippen molar-refractivity contribution in [2.45, 2.75) is 32.1 Å². The first kappa shape index (κ1) is 9.49. The Kier molecular flexibility index (Phi) is 2.44. The van der Waals surface area contributed by atoms with Crippen molar-refractivity contribution in [1.82, 2.24) is 0 Å². The maximum absolute atomic E-state index is 10.9. The number of aliphatic carboxylic acids is 1. The highest BCUT2D eigenvalue weighted by Gasteiger charge is 2.39. The smallest absolute Gasteiger partial charge is 0.306 e. The van der Waals surface area contributed by atoms with Crippen molar-refractivity contribution < 1.29 is 9.90 Å². The van der Waals surface area contributed by atoms with Gasteiger partial charge in [-0.15, -0.1) is 0 Å². The molecule has 78 valence electrons. The van der Waals surface area contributed by atoms with Crippen LogP contribution in [0.25, 0.3) is 0 Å². The van der Waals surface area contributed by atoms with Crippen LogP contribution in [-0.2, 0) is 4.79 Å². The van der Waals surface area contributed by atoms with Crippen LogP contribution in [0.5, 0.6) is 0 Å². The van der Waals surface area contributed by atoms with Gasteiger partial charge < -0.3 is 10.9 Å². The predicted octanol–water partition coefficient (Wildman–Crippen LogP) is 1.21. The van der Waals surface area contributed by atoms with E-state index in [9.17, 15) is 4.79 Å². The van der Waals surface area contributed by atoms with Crippen molar-refractivity contribution in [3.05, 3.63) is 0 Å². The van der Waals surface area contributed by atoms with Crippen LogP contribution in [0.1, 0.15) is 32.1 Å². The van der Waals surface area contributed by atoms with E-state index >= 15 is 0 Å². The molecule has 2 fully saturated rings. The molecule has 1 unspecified atom stereocenters. The topological polar surface area (TPSA) is 75.7 Å². The number of nitrogens with zero attached hydrogens (tertiary/aromatic N) is 1. The van der Waals surface area contributed by atoms with Crippen molar-refractivity contribution in [1.29, 1.82) is 0 Å². The van der Waals surface area contributed by atoms with Crippen LogP contribution in [0.4, 0.5) is 0 Å². The van der Waals surface area contributed by atoms with E-state index in [1.54, 1.807) is 0 Å². The molecule has 0 spiro atoms. The number of fused-ring (bicyclic) bond motifs is 2. The maximum atomic E-state index is 10.9. The van der Waals surface area contributed by atoms with Crippen LogP contribution >= 0.6 is 0 Å². The normalized spacial score (nSPS) is 39.7. The molecule has 0 amide bonds. The quantitative estimate of drug-likeness (QED) is 0.489. The summed E-state index contributed by atoms with van der Waals surface area (Å²) in [7, 11) is 0. The Morgan fingerprint density at radius 3 is 2.36 bits per heavy atom. The van der Waals surface area contributed by atoms with Gasteiger partial charge in [0.25, 0.3) is 0 Å². The third-order valence-corrected chi connectivity index (χ3v) is 3.58. The molecule has 4 heteroatoms. The monoisotopic (exact) mass is 196 g/mol. The van der Waals surface area contributed by atoms with Gasteiger partial charge in [-0.2, -0.15) is 5.10 Å². The Labute approximate surface area is 83.2 Å². The van der Waals surface area contributed by atoms with Crippen LogP contribution in [0, 0.1) is 17.8 Å². The van der Waals surface area contributed by atoms with Crippen LogP contribution in [0.2, 0.25) is 0 Å². The molecular weight excluding hydrogens is 180 g/mol. The summed E-state index contributed by atoms with van der Waals surface area (Å²) >= 11 is 0. The summed E-state index contributed by atoms with van der Waals surface area (Å²) in [6, 6.07) is 0. The summed E-state index contributed by atoms with van der Waals surface area (Å²) in [4.78, 5) is 10.9. The first-order valence-electron chi connectivity index (χ1n) is 5.23. The molecule has 3 N–H and O–H groups in total. The summed E-state index contributed by atoms with van der Waals surface area (Å²) in [5, 5.41) is 12.8. The fourth-order valence-corrected chi connectivity index (χ4v) is 2.91. The molecule has 14 heavy (non-hydrogen) atoms.